The second-order valence-corrected chi connectivity index (χ2v) is 10.9. The van der Waals surface area contributed by atoms with Crippen LogP contribution in [0.1, 0.15) is 35.3 Å². The van der Waals surface area contributed by atoms with Gasteiger partial charge in [0.1, 0.15) is 6.33 Å². The minimum Gasteiger partial charge on any atom is -0.469 e. The minimum absolute atomic E-state index is 0.101. The van der Waals surface area contributed by atoms with Gasteiger partial charge in [0.25, 0.3) is 5.56 Å². The van der Waals surface area contributed by atoms with Gasteiger partial charge in [0.15, 0.2) is 0 Å². The molecule has 0 bridgehead atoms. The highest BCUT2D eigenvalue weighted by Gasteiger charge is 2.19. The van der Waals surface area contributed by atoms with Crippen LogP contribution in [0.25, 0.3) is 22.9 Å². The summed E-state index contributed by atoms with van der Waals surface area (Å²) in [5, 5.41) is 24.3. The van der Waals surface area contributed by atoms with E-state index < -0.39 is 17.5 Å². The third kappa shape index (κ3) is 8.61. The van der Waals surface area contributed by atoms with Crippen LogP contribution < -0.4 is 16.2 Å². The SMILES string of the molecule is COC(=O)Cc1ccc(-c2cc([C@H](Cc3ccc(NC(C)=O)cc3)NC(=O)/C=C/c3cc(Cl)ccc3-n3cnnn3)n[nH]c2=O)cc1. The number of carbonyl (C=O) groups excluding carboxylic acids is 3. The summed E-state index contributed by atoms with van der Waals surface area (Å²) >= 11 is 6.23. The van der Waals surface area contributed by atoms with E-state index in [0.717, 1.165) is 11.1 Å². The molecule has 0 aliphatic rings. The van der Waals surface area contributed by atoms with Crippen molar-refractivity contribution in [1.82, 2.24) is 35.7 Å². The predicted octanol–water partition coefficient (Wildman–Crippen LogP) is 3.85. The van der Waals surface area contributed by atoms with Crippen molar-refractivity contribution in [3.05, 3.63) is 123 Å². The van der Waals surface area contributed by atoms with Gasteiger partial charge >= 0.3 is 5.97 Å². The van der Waals surface area contributed by atoms with E-state index in [1.807, 2.05) is 12.1 Å². The fraction of sp³-hybridized carbons (Fsp3) is 0.152. The normalized spacial score (nSPS) is 11.6. The molecule has 47 heavy (non-hydrogen) atoms. The molecule has 238 valence electrons. The number of H-pyrrole nitrogens is 1. The molecule has 3 N–H and O–H groups in total. The molecule has 0 fully saturated rings. The summed E-state index contributed by atoms with van der Waals surface area (Å²) in [5.41, 5.74) is 4.33. The lowest BCUT2D eigenvalue weighted by Crippen LogP contribution is -2.30. The predicted molar refractivity (Wildman–Crippen MR) is 175 cm³/mol. The number of nitrogens with zero attached hydrogens (tertiary/aromatic N) is 5. The summed E-state index contributed by atoms with van der Waals surface area (Å²) in [6.45, 7) is 1.42. The number of benzene rings is 3. The monoisotopic (exact) mass is 652 g/mol. The fourth-order valence-electron chi connectivity index (χ4n) is 4.77. The van der Waals surface area contributed by atoms with Crippen molar-refractivity contribution in [2.75, 3.05) is 12.4 Å². The zero-order valence-corrected chi connectivity index (χ0v) is 26.1. The van der Waals surface area contributed by atoms with Gasteiger partial charge in [0, 0.05) is 29.3 Å². The molecule has 0 radical (unpaired) electrons. The number of esters is 1. The smallest absolute Gasteiger partial charge is 0.309 e. The average Bonchev–Trinajstić information content (AvgIpc) is 3.60. The summed E-state index contributed by atoms with van der Waals surface area (Å²) in [6, 6.07) is 20.2. The van der Waals surface area contributed by atoms with Gasteiger partial charge in [-0.1, -0.05) is 48.0 Å². The van der Waals surface area contributed by atoms with E-state index in [0.29, 0.717) is 45.2 Å². The Balaban J connectivity index is 1.44. The first kappa shape index (κ1) is 32.4. The Morgan fingerprint density at radius 2 is 1.77 bits per heavy atom. The molecule has 13 nitrogen and oxygen atoms in total. The van der Waals surface area contributed by atoms with E-state index in [-0.39, 0.29) is 18.3 Å². The highest BCUT2D eigenvalue weighted by atomic mass is 35.5. The van der Waals surface area contributed by atoms with E-state index in [9.17, 15) is 19.2 Å². The number of rotatable bonds is 11. The third-order valence-corrected chi connectivity index (χ3v) is 7.29. The summed E-state index contributed by atoms with van der Waals surface area (Å²) < 4.78 is 6.18. The zero-order valence-electron chi connectivity index (χ0n) is 25.3. The van der Waals surface area contributed by atoms with Crippen LogP contribution in [-0.4, -0.2) is 55.3 Å². The quantitative estimate of drug-likeness (QED) is 0.141. The first-order valence-electron chi connectivity index (χ1n) is 14.3. The van der Waals surface area contributed by atoms with Crippen molar-refractivity contribution in [1.29, 1.82) is 0 Å². The Morgan fingerprint density at radius 1 is 1.02 bits per heavy atom. The van der Waals surface area contributed by atoms with Gasteiger partial charge in [-0.05, 0) is 76.0 Å². The number of methoxy groups -OCH3 is 1. The molecule has 1 atom stereocenters. The molecule has 5 rings (SSSR count). The molecule has 14 heteroatoms. The third-order valence-electron chi connectivity index (χ3n) is 7.05. The first-order chi connectivity index (χ1) is 22.7. The zero-order chi connectivity index (χ0) is 33.3. The van der Waals surface area contributed by atoms with E-state index in [1.54, 1.807) is 66.7 Å². The highest BCUT2D eigenvalue weighted by Crippen LogP contribution is 2.24. The van der Waals surface area contributed by atoms with Gasteiger partial charge in [-0.25, -0.2) is 5.10 Å². The van der Waals surface area contributed by atoms with Crippen LogP contribution in [0.2, 0.25) is 5.02 Å². The summed E-state index contributed by atoms with van der Waals surface area (Å²) in [5.74, 6) is -1.00. The second-order valence-electron chi connectivity index (χ2n) is 10.4. The molecule has 3 aromatic carbocycles. The van der Waals surface area contributed by atoms with Crippen molar-refractivity contribution in [2.24, 2.45) is 0 Å². The maximum atomic E-state index is 13.4. The molecule has 2 heterocycles. The van der Waals surface area contributed by atoms with Gasteiger partial charge in [-0.2, -0.15) is 9.78 Å². The molecular weight excluding hydrogens is 624 g/mol. The van der Waals surface area contributed by atoms with Crippen LogP contribution in [0, 0.1) is 0 Å². The number of hydrogen-bond donors (Lipinski definition) is 3. The topological polar surface area (TPSA) is 174 Å². The lowest BCUT2D eigenvalue weighted by atomic mass is 9.99. The number of aromatic amines is 1. The van der Waals surface area contributed by atoms with Crippen molar-refractivity contribution >= 4 is 41.1 Å². The number of nitrogens with one attached hydrogen (secondary N) is 3. The number of anilines is 1. The molecule has 0 aliphatic heterocycles. The number of hydrogen-bond acceptors (Lipinski definition) is 9. The molecular formula is C33H29ClN8O5. The Kier molecular flexibility index (Phi) is 10.3. The Morgan fingerprint density at radius 3 is 2.45 bits per heavy atom. The standard InChI is InChI=1S/C33H29ClN8O5/c1-20(43)36-26-11-5-21(6-12-26)15-28(37-31(44)14-9-24-17-25(34)10-13-30(24)42-19-35-40-41-42)29-18-27(33(46)39-38-29)23-7-3-22(4-8-23)16-32(45)47-2/h3-14,17-19,28H,15-16H2,1-2H3,(H,36,43)(H,37,44)(H,39,46)/b14-9+/t28-/m0/s1. The summed E-state index contributed by atoms with van der Waals surface area (Å²) in [4.78, 5) is 49.4. The van der Waals surface area contributed by atoms with Gasteiger partial charge in [0.05, 0.1) is 36.5 Å². The van der Waals surface area contributed by atoms with Crippen molar-refractivity contribution in [3.63, 3.8) is 0 Å². The van der Waals surface area contributed by atoms with Gasteiger partial charge < -0.3 is 15.4 Å². The number of halogens is 1. The van der Waals surface area contributed by atoms with E-state index in [2.05, 4.69) is 36.4 Å². The maximum Gasteiger partial charge on any atom is 0.309 e. The largest absolute Gasteiger partial charge is 0.469 e. The lowest BCUT2D eigenvalue weighted by molar-refractivity contribution is -0.139. The molecule has 2 aromatic heterocycles. The Labute approximate surface area is 273 Å². The van der Waals surface area contributed by atoms with Crippen molar-refractivity contribution in [3.8, 4) is 16.8 Å². The number of carbonyl (C=O) groups is 3. The molecule has 2 amide bonds. The molecule has 0 saturated carbocycles. The maximum absolute atomic E-state index is 13.4. The Hall–Kier alpha value is -5.95. The number of amides is 2. The average molecular weight is 653 g/mol. The molecule has 0 unspecified atom stereocenters. The minimum atomic E-state index is -0.675. The second kappa shape index (κ2) is 14.9. The first-order valence-corrected chi connectivity index (χ1v) is 14.7. The summed E-state index contributed by atoms with van der Waals surface area (Å²) in [7, 11) is 1.32. The van der Waals surface area contributed by atoms with Crippen LogP contribution in [-0.2, 0) is 32.0 Å². The number of aromatic nitrogens is 6. The van der Waals surface area contributed by atoms with Crippen LogP contribution in [0.3, 0.4) is 0 Å². The van der Waals surface area contributed by atoms with Crippen LogP contribution in [0.5, 0.6) is 0 Å². The number of ether oxygens (including phenoxy) is 1. The van der Waals surface area contributed by atoms with Crippen LogP contribution in [0.4, 0.5) is 5.69 Å². The van der Waals surface area contributed by atoms with E-state index in [1.165, 1.54) is 31.1 Å². The van der Waals surface area contributed by atoms with Crippen LogP contribution >= 0.6 is 11.6 Å². The highest BCUT2D eigenvalue weighted by molar-refractivity contribution is 6.30. The fourth-order valence-corrected chi connectivity index (χ4v) is 4.95. The van der Waals surface area contributed by atoms with Crippen molar-refractivity contribution in [2.45, 2.75) is 25.8 Å². The molecule has 0 aliphatic carbocycles. The van der Waals surface area contributed by atoms with Crippen molar-refractivity contribution < 1.29 is 19.1 Å². The van der Waals surface area contributed by atoms with Gasteiger partial charge in [-0.15, -0.1) is 5.10 Å². The van der Waals surface area contributed by atoms with Gasteiger partial charge in [0.2, 0.25) is 11.8 Å². The lowest BCUT2D eigenvalue weighted by Gasteiger charge is -2.18. The van der Waals surface area contributed by atoms with E-state index >= 15 is 0 Å². The molecule has 0 saturated heterocycles. The molecule has 5 aromatic rings. The van der Waals surface area contributed by atoms with Crippen LogP contribution in [0.15, 0.2) is 90.0 Å². The number of tetrazole rings is 1. The molecule has 0 spiro atoms. The van der Waals surface area contributed by atoms with E-state index in [4.69, 9.17) is 16.3 Å². The Bertz CT molecular complexity index is 1970. The van der Waals surface area contributed by atoms with Gasteiger partial charge in [-0.3, -0.25) is 19.2 Å². The summed E-state index contributed by atoms with van der Waals surface area (Å²) in [6.07, 6.45) is 4.80.